The molecule has 39 heavy (non-hydrogen) atoms. The number of hydrogen-bond acceptors (Lipinski definition) is 5. The zero-order valence-corrected chi connectivity index (χ0v) is 22.3. The first-order chi connectivity index (χ1) is 18.9. The molecular formula is C32H27FN2O3S. The molecule has 0 aromatic heterocycles. The van der Waals surface area contributed by atoms with E-state index in [1.807, 2.05) is 48.7 Å². The van der Waals surface area contributed by atoms with Gasteiger partial charge in [-0.25, -0.2) is 12.8 Å². The minimum absolute atomic E-state index is 0.00667. The van der Waals surface area contributed by atoms with Crippen molar-refractivity contribution in [2.24, 2.45) is 4.99 Å². The molecule has 4 aliphatic rings. The molecule has 0 amide bonds. The molecule has 0 saturated carbocycles. The summed E-state index contributed by atoms with van der Waals surface area (Å²) in [5, 5.41) is 5.09. The first-order valence-corrected chi connectivity index (χ1v) is 14.4. The van der Waals surface area contributed by atoms with Crippen molar-refractivity contribution in [3.8, 4) is 0 Å². The summed E-state index contributed by atoms with van der Waals surface area (Å²) < 4.78 is 36.5. The predicted octanol–water partition coefficient (Wildman–Crippen LogP) is 4.07. The molecule has 6 rings (SSSR count). The van der Waals surface area contributed by atoms with Crippen LogP contribution in [0.15, 0.2) is 101 Å². The Hall–Kier alpha value is -4.10. The normalized spacial score (nSPS) is 21.4. The molecule has 0 unspecified atom stereocenters. The van der Waals surface area contributed by atoms with Crippen LogP contribution in [0.1, 0.15) is 53.1 Å². The smallest absolute Gasteiger partial charge is 0.187 e. The van der Waals surface area contributed by atoms with Crippen LogP contribution in [-0.2, 0) is 10.7 Å². The first-order valence-electron chi connectivity index (χ1n) is 13.0. The number of allylic oxidation sites excluding steroid dienone is 6. The van der Waals surface area contributed by atoms with Gasteiger partial charge in [0.2, 0.25) is 0 Å². The maximum absolute atomic E-state index is 13.9. The summed E-state index contributed by atoms with van der Waals surface area (Å²) in [5.41, 5.74) is 7.08. The lowest BCUT2D eigenvalue weighted by Crippen LogP contribution is -2.34. The van der Waals surface area contributed by atoms with E-state index in [1.165, 1.54) is 12.1 Å². The minimum atomic E-state index is -2.50. The van der Waals surface area contributed by atoms with Gasteiger partial charge in [-0.15, -0.1) is 0 Å². The average molecular weight is 539 g/mol. The Bertz CT molecular complexity index is 1780. The number of ketones is 1. The monoisotopic (exact) mass is 538 g/mol. The topological polar surface area (TPSA) is 75.6 Å². The largest absolute Gasteiger partial charge is 0.360 e. The van der Waals surface area contributed by atoms with Crippen LogP contribution >= 0.6 is 0 Å². The molecule has 0 fully saturated rings. The second kappa shape index (κ2) is 10.2. The lowest BCUT2D eigenvalue weighted by atomic mass is 9.71. The van der Waals surface area contributed by atoms with Gasteiger partial charge >= 0.3 is 0 Å². The Morgan fingerprint density at radius 2 is 1.87 bits per heavy atom. The number of hydrogen-bond donors (Lipinski definition) is 2. The molecule has 3 aliphatic carbocycles. The van der Waals surface area contributed by atoms with Gasteiger partial charge in [-0.05, 0) is 75.4 Å². The third-order valence-corrected chi connectivity index (χ3v) is 8.36. The second-order valence-electron chi connectivity index (χ2n) is 10.1. The van der Waals surface area contributed by atoms with Gasteiger partial charge in [-0.2, -0.15) is 0 Å². The lowest BCUT2D eigenvalue weighted by molar-refractivity contribution is 0.104. The van der Waals surface area contributed by atoms with Gasteiger partial charge in [0.05, 0.1) is 17.6 Å². The fourth-order valence-corrected chi connectivity index (χ4v) is 6.44. The molecule has 2 aromatic carbocycles. The Balaban J connectivity index is 1.63. The van der Waals surface area contributed by atoms with Crippen molar-refractivity contribution in [2.45, 2.75) is 31.6 Å². The van der Waals surface area contributed by atoms with Gasteiger partial charge in [0.15, 0.2) is 5.78 Å². The van der Waals surface area contributed by atoms with Crippen molar-refractivity contribution in [1.29, 1.82) is 0 Å². The van der Waals surface area contributed by atoms with Crippen LogP contribution in [0.3, 0.4) is 0 Å². The molecule has 0 bridgehead atoms. The van der Waals surface area contributed by atoms with E-state index in [0.717, 1.165) is 49.6 Å². The van der Waals surface area contributed by atoms with Crippen LogP contribution in [-0.4, -0.2) is 26.2 Å². The van der Waals surface area contributed by atoms with E-state index in [1.54, 1.807) is 18.5 Å². The van der Waals surface area contributed by atoms with Crippen molar-refractivity contribution in [3.63, 3.8) is 0 Å². The maximum atomic E-state index is 13.9. The molecule has 0 saturated heterocycles. The number of halogens is 1. The maximum Gasteiger partial charge on any atom is 0.187 e. The lowest BCUT2D eigenvalue weighted by Gasteiger charge is -2.33. The Labute approximate surface area is 227 Å². The van der Waals surface area contributed by atoms with Crippen molar-refractivity contribution in [3.05, 3.63) is 129 Å². The summed E-state index contributed by atoms with van der Waals surface area (Å²) in [6.45, 7) is 2.06. The van der Waals surface area contributed by atoms with Crippen LogP contribution in [0, 0.1) is 5.82 Å². The fraction of sp³-hybridized carbons (Fsp3) is 0.188. The molecule has 7 heteroatoms. The number of nitrogens with zero attached hydrogens (tertiary/aromatic N) is 1. The van der Waals surface area contributed by atoms with Crippen molar-refractivity contribution >= 4 is 33.8 Å². The number of thiol groups is 1. The minimum Gasteiger partial charge on any atom is -0.360 e. The highest BCUT2D eigenvalue weighted by molar-refractivity contribution is 7.72. The molecule has 1 N–H and O–H groups in total. The number of carbonyl (C=O) groups is 1. The van der Waals surface area contributed by atoms with E-state index < -0.39 is 10.7 Å². The van der Waals surface area contributed by atoms with Gasteiger partial charge in [-0.1, -0.05) is 49.4 Å². The van der Waals surface area contributed by atoms with E-state index >= 15 is 0 Å². The highest BCUT2D eigenvalue weighted by Crippen LogP contribution is 2.44. The molecule has 0 spiro atoms. The Morgan fingerprint density at radius 1 is 1.08 bits per heavy atom. The number of carbonyl (C=O) groups excluding carboxylic acids is 1. The first kappa shape index (κ1) is 25.2. The van der Waals surface area contributed by atoms with E-state index in [4.69, 9.17) is 0 Å². The summed E-state index contributed by atoms with van der Waals surface area (Å²) in [6, 6.07) is 10.6. The second-order valence-corrected chi connectivity index (χ2v) is 11.2. The van der Waals surface area contributed by atoms with Crippen LogP contribution < -0.4 is 15.8 Å². The van der Waals surface area contributed by atoms with Gasteiger partial charge in [0.1, 0.15) is 16.5 Å². The third-order valence-electron chi connectivity index (χ3n) is 7.77. The number of benzene rings is 2. The Kier molecular flexibility index (Phi) is 6.61. The molecule has 0 radical (unpaired) electrons. The van der Waals surface area contributed by atoms with Crippen molar-refractivity contribution < 1.29 is 17.6 Å². The van der Waals surface area contributed by atoms with Gasteiger partial charge in [0.25, 0.3) is 0 Å². The van der Waals surface area contributed by atoms with Crippen LogP contribution in [0.2, 0.25) is 0 Å². The van der Waals surface area contributed by atoms with Gasteiger partial charge in [-0.3, -0.25) is 9.79 Å². The Morgan fingerprint density at radius 3 is 2.67 bits per heavy atom. The number of fused-ring (bicyclic) bond motifs is 4. The molecule has 5 nitrogen and oxygen atoms in total. The molecule has 1 aliphatic heterocycles. The summed E-state index contributed by atoms with van der Waals surface area (Å²) in [4.78, 5) is 18.3. The molecule has 1 heterocycles. The van der Waals surface area contributed by atoms with Crippen molar-refractivity contribution in [1.82, 2.24) is 5.32 Å². The predicted molar refractivity (Wildman–Crippen MR) is 153 cm³/mol. The van der Waals surface area contributed by atoms with E-state index in [2.05, 4.69) is 23.3 Å². The number of aliphatic imine (C=N–C) groups is 1. The van der Waals surface area contributed by atoms with E-state index in [-0.39, 0.29) is 29.2 Å². The quantitative estimate of drug-likeness (QED) is 0.563. The molecule has 2 atom stereocenters. The van der Waals surface area contributed by atoms with E-state index in [9.17, 15) is 17.6 Å². The van der Waals surface area contributed by atoms with E-state index in [0.29, 0.717) is 18.4 Å². The number of rotatable bonds is 5. The summed E-state index contributed by atoms with van der Waals surface area (Å²) >= 11 is 0. The molecule has 2 aromatic rings. The third kappa shape index (κ3) is 4.57. The van der Waals surface area contributed by atoms with Crippen LogP contribution in [0.4, 0.5) is 4.39 Å². The van der Waals surface area contributed by atoms with Gasteiger partial charge < -0.3 is 5.32 Å². The number of nitrogens with one attached hydrogen (secondary N) is 1. The zero-order valence-electron chi connectivity index (χ0n) is 21.4. The summed E-state index contributed by atoms with van der Waals surface area (Å²) in [6.07, 6.45) is 16.0. The SMILES string of the molecule is C[C@@H]1C=CC(CC[SH](=O)=O)=c2ccc3c(c21)C(=O)C=C1C(C2=CN=CC=CN2)=CC[C@H](c2ccc(F)cc2)C=31. The molecule has 196 valence electrons. The average Bonchev–Trinajstić information content (AvgIpc) is 3.22. The van der Waals surface area contributed by atoms with Gasteiger partial charge in [0, 0.05) is 35.4 Å². The summed E-state index contributed by atoms with van der Waals surface area (Å²) in [7, 11) is -2.50. The van der Waals surface area contributed by atoms with Crippen molar-refractivity contribution in [2.75, 3.05) is 5.75 Å². The fourth-order valence-electron chi connectivity index (χ4n) is 6.01. The van der Waals surface area contributed by atoms with Crippen LogP contribution in [0.5, 0.6) is 0 Å². The highest BCUT2D eigenvalue weighted by Gasteiger charge is 2.34. The van der Waals surface area contributed by atoms with Crippen LogP contribution in [0.25, 0.3) is 11.1 Å². The summed E-state index contributed by atoms with van der Waals surface area (Å²) in [5.74, 6) is -0.377. The molecular weight excluding hydrogens is 511 g/mol. The standard InChI is InChI=1S/C32H27FN2O3S/c1-19-3-4-21(13-16-39(37)38)23-10-12-26-31-24(20-5-7-22(33)8-6-20)9-11-25(28-18-34-14-2-15-35-28)27(31)17-29(36)32(26)30(19)23/h2-8,10-12,14-15,17-19,24,35,39H,9,13,16H2,1H3/t19-,24-/m1/s1. The highest BCUT2D eigenvalue weighted by atomic mass is 32.2. The zero-order chi connectivity index (χ0) is 27.1.